The number of carbonyl (C=O) groups excluding carboxylic acids is 1. The van der Waals surface area contributed by atoms with Crippen LogP contribution in [0.15, 0.2) is 66.7 Å². The van der Waals surface area contributed by atoms with Gasteiger partial charge in [-0.2, -0.15) is 0 Å². The maximum Gasteiger partial charge on any atom is 0.237 e. The van der Waals surface area contributed by atoms with Crippen molar-refractivity contribution in [3.05, 3.63) is 77.9 Å². The summed E-state index contributed by atoms with van der Waals surface area (Å²) in [7, 11) is 4.69. The van der Waals surface area contributed by atoms with Crippen molar-refractivity contribution >= 4 is 11.6 Å². The van der Waals surface area contributed by atoms with E-state index in [1.54, 1.807) is 26.2 Å². The highest BCUT2D eigenvalue weighted by atomic mass is 16.5. The quantitative estimate of drug-likeness (QED) is 0.469. The lowest BCUT2D eigenvalue weighted by Gasteiger charge is -2.48. The monoisotopic (exact) mass is 433 g/mol. The molecular weight excluding hydrogens is 406 g/mol. The summed E-state index contributed by atoms with van der Waals surface area (Å²) in [5.41, 5.74) is 2.70. The number of β-lactam (4-membered cyclic amide) rings is 1. The molecule has 4 rings (SSSR count). The van der Waals surface area contributed by atoms with Crippen molar-refractivity contribution < 1.29 is 23.7 Å². The Kier molecular flexibility index (Phi) is 6.21. The zero-order valence-corrected chi connectivity index (χ0v) is 18.7. The molecule has 0 saturated carbocycles. The molecule has 0 unspecified atom stereocenters. The summed E-state index contributed by atoms with van der Waals surface area (Å²) in [5, 5.41) is 0. The molecule has 0 bridgehead atoms. The Labute approximate surface area is 188 Å². The van der Waals surface area contributed by atoms with Crippen LogP contribution in [0.1, 0.15) is 30.0 Å². The van der Waals surface area contributed by atoms with Crippen LogP contribution < -0.4 is 23.8 Å². The van der Waals surface area contributed by atoms with E-state index in [9.17, 15) is 4.79 Å². The molecule has 3 aromatic carbocycles. The van der Waals surface area contributed by atoms with Gasteiger partial charge in [-0.05, 0) is 30.2 Å². The first kappa shape index (κ1) is 21.6. The van der Waals surface area contributed by atoms with Gasteiger partial charge < -0.3 is 23.8 Å². The number of methoxy groups -OCH3 is 3. The summed E-state index contributed by atoms with van der Waals surface area (Å²) in [4.78, 5) is 15.2. The van der Waals surface area contributed by atoms with Gasteiger partial charge in [-0.3, -0.25) is 4.79 Å². The van der Waals surface area contributed by atoms with Crippen LogP contribution in [0.3, 0.4) is 0 Å². The molecule has 0 aliphatic carbocycles. The predicted octanol–water partition coefficient (Wildman–Crippen LogP) is 4.98. The van der Waals surface area contributed by atoms with Gasteiger partial charge in [-0.1, -0.05) is 42.5 Å². The lowest BCUT2D eigenvalue weighted by molar-refractivity contribution is -0.126. The minimum absolute atomic E-state index is 0.0179. The molecule has 0 N–H and O–H groups in total. The van der Waals surface area contributed by atoms with E-state index < -0.39 is 0 Å². The van der Waals surface area contributed by atoms with Gasteiger partial charge in [0.05, 0.1) is 45.6 Å². The van der Waals surface area contributed by atoms with Crippen LogP contribution in [-0.2, 0) is 4.79 Å². The maximum atomic E-state index is 13.5. The van der Waals surface area contributed by atoms with Crippen LogP contribution in [0.4, 0.5) is 5.69 Å². The zero-order chi connectivity index (χ0) is 22.7. The molecular formula is C26H27NO5. The van der Waals surface area contributed by atoms with Gasteiger partial charge in [-0.25, -0.2) is 0 Å². The van der Waals surface area contributed by atoms with Crippen molar-refractivity contribution in [3.63, 3.8) is 0 Å². The Morgan fingerprint density at radius 3 is 1.97 bits per heavy atom. The third-order valence-electron chi connectivity index (χ3n) is 5.72. The van der Waals surface area contributed by atoms with Crippen molar-refractivity contribution in [2.24, 2.45) is 0 Å². The second-order valence-corrected chi connectivity index (χ2v) is 7.43. The molecule has 6 heteroatoms. The van der Waals surface area contributed by atoms with Gasteiger partial charge in [-0.15, -0.1) is 0 Å². The summed E-state index contributed by atoms with van der Waals surface area (Å²) < 4.78 is 22.1. The Bertz CT molecular complexity index is 1060. The summed E-state index contributed by atoms with van der Waals surface area (Å²) in [6.45, 7) is 2.56. The van der Waals surface area contributed by atoms with Crippen LogP contribution in [0, 0.1) is 0 Å². The SMILES string of the molecule is CCOc1ccc([C@@H]2[C@@H](c3ccccc3)C(=O)N2c2cc(OC)c(OC)c(OC)c2)cc1. The number of hydrogen-bond donors (Lipinski definition) is 0. The third-order valence-corrected chi connectivity index (χ3v) is 5.72. The Morgan fingerprint density at radius 1 is 0.812 bits per heavy atom. The van der Waals surface area contributed by atoms with Gasteiger partial charge in [0.1, 0.15) is 5.75 Å². The van der Waals surface area contributed by atoms with Crippen molar-refractivity contribution in [1.82, 2.24) is 0 Å². The van der Waals surface area contributed by atoms with Crippen molar-refractivity contribution in [3.8, 4) is 23.0 Å². The third kappa shape index (κ3) is 3.73. The number of anilines is 1. The Balaban J connectivity index is 1.79. The van der Waals surface area contributed by atoms with Crippen LogP contribution in [0.2, 0.25) is 0 Å². The van der Waals surface area contributed by atoms with E-state index in [0.29, 0.717) is 29.5 Å². The van der Waals surface area contributed by atoms with Crippen molar-refractivity contribution in [2.45, 2.75) is 18.9 Å². The molecule has 1 fully saturated rings. The highest BCUT2D eigenvalue weighted by Crippen LogP contribution is 2.51. The molecule has 32 heavy (non-hydrogen) atoms. The van der Waals surface area contributed by atoms with Crippen LogP contribution in [0.5, 0.6) is 23.0 Å². The molecule has 0 radical (unpaired) electrons. The van der Waals surface area contributed by atoms with E-state index in [-0.39, 0.29) is 17.9 Å². The number of rotatable bonds is 8. The smallest absolute Gasteiger partial charge is 0.237 e. The molecule has 2 atom stereocenters. The molecule has 3 aromatic rings. The molecule has 1 heterocycles. The van der Waals surface area contributed by atoms with Crippen molar-refractivity contribution in [2.75, 3.05) is 32.8 Å². The van der Waals surface area contributed by atoms with Gasteiger partial charge in [0.2, 0.25) is 11.7 Å². The van der Waals surface area contributed by atoms with Gasteiger partial charge >= 0.3 is 0 Å². The fourth-order valence-electron chi connectivity index (χ4n) is 4.24. The number of nitrogens with zero attached hydrogens (tertiary/aromatic N) is 1. The summed E-state index contributed by atoms with van der Waals surface area (Å²) in [5.74, 6) is 2.03. The summed E-state index contributed by atoms with van der Waals surface area (Å²) in [6, 6.07) is 21.2. The van der Waals surface area contributed by atoms with Gasteiger partial charge in [0.15, 0.2) is 11.5 Å². The molecule has 0 aromatic heterocycles. The van der Waals surface area contributed by atoms with E-state index in [1.165, 1.54) is 0 Å². The summed E-state index contributed by atoms with van der Waals surface area (Å²) >= 11 is 0. The normalized spacial score (nSPS) is 17.5. The van der Waals surface area contributed by atoms with Gasteiger partial charge in [0.25, 0.3) is 0 Å². The lowest BCUT2D eigenvalue weighted by atomic mass is 9.77. The van der Waals surface area contributed by atoms with E-state index in [4.69, 9.17) is 18.9 Å². The van der Waals surface area contributed by atoms with E-state index in [1.807, 2.05) is 73.7 Å². The molecule has 166 valence electrons. The first-order valence-electron chi connectivity index (χ1n) is 10.5. The molecule has 1 amide bonds. The van der Waals surface area contributed by atoms with Crippen LogP contribution in [0.25, 0.3) is 0 Å². The lowest BCUT2D eigenvalue weighted by Crippen LogP contribution is -2.53. The average Bonchev–Trinajstić information content (AvgIpc) is 2.83. The molecule has 1 aliphatic rings. The molecule has 1 saturated heterocycles. The first-order chi connectivity index (χ1) is 15.6. The fourth-order valence-corrected chi connectivity index (χ4v) is 4.24. The Morgan fingerprint density at radius 2 is 1.44 bits per heavy atom. The number of hydrogen-bond acceptors (Lipinski definition) is 5. The number of amides is 1. The number of benzene rings is 3. The second-order valence-electron chi connectivity index (χ2n) is 7.43. The van der Waals surface area contributed by atoms with Crippen molar-refractivity contribution in [1.29, 1.82) is 0 Å². The van der Waals surface area contributed by atoms with E-state index in [0.717, 1.165) is 16.9 Å². The molecule has 6 nitrogen and oxygen atoms in total. The average molecular weight is 434 g/mol. The zero-order valence-electron chi connectivity index (χ0n) is 18.7. The number of carbonyl (C=O) groups is 1. The Hall–Kier alpha value is -3.67. The highest BCUT2D eigenvalue weighted by molar-refractivity contribution is 6.07. The minimum atomic E-state index is -0.284. The summed E-state index contributed by atoms with van der Waals surface area (Å²) in [6.07, 6.45) is 0. The minimum Gasteiger partial charge on any atom is -0.494 e. The van der Waals surface area contributed by atoms with Crippen LogP contribution in [-0.4, -0.2) is 33.8 Å². The second kappa shape index (κ2) is 9.22. The maximum absolute atomic E-state index is 13.5. The van der Waals surface area contributed by atoms with E-state index >= 15 is 0 Å². The van der Waals surface area contributed by atoms with Crippen LogP contribution >= 0.6 is 0 Å². The largest absolute Gasteiger partial charge is 0.494 e. The van der Waals surface area contributed by atoms with E-state index in [2.05, 4.69) is 0 Å². The van der Waals surface area contributed by atoms with Gasteiger partial charge in [0, 0.05) is 12.1 Å². The molecule has 0 spiro atoms. The predicted molar refractivity (Wildman–Crippen MR) is 123 cm³/mol. The standard InChI is InChI=1S/C26H27NO5/c1-5-32-20-13-11-18(12-14-20)24-23(17-9-7-6-8-10-17)26(28)27(24)19-15-21(29-2)25(31-4)22(16-19)30-3/h6-16,23-24H,5H2,1-4H3/t23-,24-/m1/s1. The molecule has 1 aliphatic heterocycles. The number of ether oxygens (including phenoxy) is 4. The topological polar surface area (TPSA) is 57.2 Å². The fraction of sp³-hybridized carbons (Fsp3) is 0.269. The first-order valence-corrected chi connectivity index (χ1v) is 10.5. The highest BCUT2D eigenvalue weighted by Gasteiger charge is 2.50.